The molecule has 6 nitrogen and oxygen atoms in total. The number of nitrogens with two attached hydrogens (primary N) is 1. The Hall–Kier alpha value is -1.30. The smallest absolute Gasteiger partial charge is 0.317 e. The molecule has 86 valence electrons. The van der Waals surface area contributed by atoms with Crippen molar-refractivity contribution in [2.45, 2.75) is 6.42 Å². The van der Waals surface area contributed by atoms with Gasteiger partial charge in [-0.15, -0.1) is 0 Å². The minimum atomic E-state index is -0.145. The third kappa shape index (κ3) is 3.39. The molecule has 3 amide bonds. The van der Waals surface area contributed by atoms with Gasteiger partial charge in [-0.3, -0.25) is 4.79 Å². The predicted octanol–water partition coefficient (Wildman–Crippen LogP) is -1.28. The van der Waals surface area contributed by atoms with Crippen molar-refractivity contribution >= 4 is 11.9 Å². The minimum absolute atomic E-state index is 0.0197. The van der Waals surface area contributed by atoms with E-state index in [9.17, 15) is 9.59 Å². The Balaban J connectivity index is 2.24. The van der Waals surface area contributed by atoms with Gasteiger partial charge in [-0.1, -0.05) is 0 Å². The number of carbonyl (C=O) groups is 2. The summed E-state index contributed by atoms with van der Waals surface area (Å²) in [5, 5.41) is 5.31. The van der Waals surface area contributed by atoms with Crippen molar-refractivity contribution in [2.24, 2.45) is 11.7 Å². The summed E-state index contributed by atoms with van der Waals surface area (Å²) in [5.41, 5.74) is 5.17. The molecular weight excluding hydrogens is 196 g/mol. The number of urea groups is 1. The number of carbonyl (C=O) groups excluding carboxylic acids is 2. The first-order chi connectivity index (χ1) is 7.17. The highest BCUT2D eigenvalue weighted by Gasteiger charge is 2.25. The van der Waals surface area contributed by atoms with Gasteiger partial charge in [-0.2, -0.15) is 0 Å². The van der Waals surface area contributed by atoms with Gasteiger partial charge < -0.3 is 21.3 Å². The largest absolute Gasteiger partial charge is 0.355 e. The average Bonchev–Trinajstić information content (AvgIpc) is 2.73. The van der Waals surface area contributed by atoms with Gasteiger partial charge in [-0.05, 0) is 12.3 Å². The normalized spacial score (nSPS) is 20.1. The molecule has 0 bridgehead atoms. The summed E-state index contributed by atoms with van der Waals surface area (Å²) >= 11 is 0. The second-order valence-electron chi connectivity index (χ2n) is 3.66. The van der Waals surface area contributed by atoms with Gasteiger partial charge >= 0.3 is 6.03 Å². The molecule has 0 radical (unpaired) electrons. The summed E-state index contributed by atoms with van der Waals surface area (Å²) in [5.74, 6) is 0.200. The van der Waals surface area contributed by atoms with Crippen molar-refractivity contribution < 1.29 is 9.59 Å². The van der Waals surface area contributed by atoms with Gasteiger partial charge in [-0.25, -0.2) is 4.79 Å². The zero-order valence-electron chi connectivity index (χ0n) is 8.95. The van der Waals surface area contributed by atoms with Crippen LogP contribution in [0.4, 0.5) is 4.79 Å². The lowest BCUT2D eigenvalue weighted by Crippen LogP contribution is -2.38. The number of rotatable bonds is 3. The zero-order valence-corrected chi connectivity index (χ0v) is 8.95. The molecule has 1 aliphatic rings. The predicted molar refractivity (Wildman–Crippen MR) is 56.2 cm³/mol. The molecule has 15 heavy (non-hydrogen) atoms. The van der Waals surface area contributed by atoms with Crippen LogP contribution in [0.15, 0.2) is 0 Å². The summed E-state index contributed by atoms with van der Waals surface area (Å²) in [4.78, 5) is 23.9. The Bertz CT molecular complexity index is 244. The number of hydrogen-bond donors (Lipinski definition) is 3. The Morgan fingerprint density at radius 1 is 1.53 bits per heavy atom. The molecule has 1 fully saturated rings. The first-order valence-corrected chi connectivity index (χ1v) is 5.10. The van der Waals surface area contributed by atoms with Crippen LogP contribution in [0.5, 0.6) is 0 Å². The van der Waals surface area contributed by atoms with E-state index < -0.39 is 0 Å². The second kappa shape index (κ2) is 5.55. The standard InChI is InChI=1S/C9H18N4O2/c1-11-9(15)13-3-2-7(6-13)5-12-8(14)4-10/h7H,2-6,10H2,1H3,(H,11,15)(H,12,14). The molecule has 4 N–H and O–H groups in total. The third-order valence-electron chi connectivity index (χ3n) is 2.56. The number of nitrogens with zero attached hydrogens (tertiary/aromatic N) is 1. The Kier molecular flexibility index (Phi) is 4.36. The van der Waals surface area contributed by atoms with Crippen molar-refractivity contribution in [2.75, 3.05) is 33.2 Å². The Morgan fingerprint density at radius 3 is 2.87 bits per heavy atom. The molecule has 6 heteroatoms. The Labute approximate surface area is 89.2 Å². The van der Waals surface area contributed by atoms with Gasteiger partial charge in [0.15, 0.2) is 0 Å². The van der Waals surface area contributed by atoms with Gasteiger partial charge in [0.2, 0.25) is 5.91 Å². The van der Waals surface area contributed by atoms with Gasteiger partial charge in [0, 0.05) is 26.7 Å². The summed E-state index contributed by atoms with van der Waals surface area (Å²) in [6.07, 6.45) is 0.929. The highest BCUT2D eigenvalue weighted by Crippen LogP contribution is 2.14. The molecule has 0 aromatic rings. The van der Waals surface area contributed by atoms with E-state index >= 15 is 0 Å². The van der Waals surface area contributed by atoms with E-state index in [-0.39, 0.29) is 18.5 Å². The zero-order chi connectivity index (χ0) is 11.3. The summed E-state index contributed by atoms with van der Waals surface area (Å²) in [6, 6.07) is -0.0531. The van der Waals surface area contributed by atoms with Crippen LogP contribution in [-0.4, -0.2) is 50.1 Å². The Morgan fingerprint density at radius 2 is 2.27 bits per heavy atom. The van der Waals surface area contributed by atoms with Crippen LogP contribution in [0.25, 0.3) is 0 Å². The number of hydrogen-bond acceptors (Lipinski definition) is 3. The minimum Gasteiger partial charge on any atom is -0.355 e. The molecule has 1 unspecified atom stereocenters. The lowest BCUT2D eigenvalue weighted by Gasteiger charge is -2.15. The van der Waals surface area contributed by atoms with Crippen LogP contribution in [0.3, 0.4) is 0 Å². The van der Waals surface area contributed by atoms with Crippen molar-refractivity contribution in [3.63, 3.8) is 0 Å². The van der Waals surface area contributed by atoms with Crippen molar-refractivity contribution in [1.29, 1.82) is 0 Å². The third-order valence-corrected chi connectivity index (χ3v) is 2.56. The van der Waals surface area contributed by atoms with E-state index in [2.05, 4.69) is 10.6 Å². The van der Waals surface area contributed by atoms with Crippen molar-refractivity contribution in [3.05, 3.63) is 0 Å². The summed E-state index contributed by atoms with van der Waals surface area (Å²) < 4.78 is 0. The fourth-order valence-electron chi connectivity index (χ4n) is 1.67. The number of likely N-dealkylation sites (tertiary alicyclic amines) is 1. The molecule has 1 heterocycles. The van der Waals surface area contributed by atoms with Gasteiger partial charge in [0.05, 0.1) is 6.54 Å². The maximum absolute atomic E-state index is 11.3. The van der Waals surface area contributed by atoms with Crippen LogP contribution >= 0.6 is 0 Å². The van der Waals surface area contributed by atoms with E-state index in [1.165, 1.54) is 0 Å². The molecule has 0 spiro atoms. The van der Waals surface area contributed by atoms with Crippen LogP contribution in [0.1, 0.15) is 6.42 Å². The SMILES string of the molecule is CNC(=O)N1CCC(CNC(=O)CN)C1. The molecular formula is C9H18N4O2. The van der Waals surface area contributed by atoms with E-state index in [1.54, 1.807) is 11.9 Å². The first kappa shape index (κ1) is 11.8. The van der Waals surface area contributed by atoms with Crippen LogP contribution < -0.4 is 16.4 Å². The van der Waals surface area contributed by atoms with Crippen LogP contribution in [-0.2, 0) is 4.79 Å². The molecule has 1 saturated heterocycles. The fourth-order valence-corrected chi connectivity index (χ4v) is 1.67. The lowest BCUT2D eigenvalue weighted by molar-refractivity contribution is -0.119. The second-order valence-corrected chi connectivity index (χ2v) is 3.66. The summed E-state index contributed by atoms with van der Waals surface area (Å²) in [6.45, 7) is 2.07. The maximum Gasteiger partial charge on any atom is 0.317 e. The molecule has 1 rings (SSSR count). The van der Waals surface area contributed by atoms with E-state index in [4.69, 9.17) is 5.73 Å². The highest BCUT2D eigenvalue weighted by molar-refractivity contribution is 5.77. The molecule has 0 aromatic carbocycles. The quantitative estimate of drug-likeness (QED) is 0.547. The van der Waals surface area contributed by atoms with Crippen molar-refractivity contribution in [1.82, 2.24) is 15.5 Å². The van der Waals surface area contributed by atoms with Gasteiger partial charge in [0.1, 0.15) is 0 Å². The fraction of sp³-hybridized carbons (Fsp3) is 0.778. The van der Waals surface area contributed by atoms with E-state index in [0.29, 0.717) is 19.0 Å². The van der Waals surface area contributed by atoms with Crippen LogP contribution in [0.2, 0.25) is 0 Å². The molecule has 0 aromatic heterocycles. The number of nitrogens with one attached hydrogen (secondary N) is 2. The monoisotopic (exact) mass is 214 g/mol. The lowest BCUT2D eigenvalue weighted by atomic mass is 10.1. The van der Waals surface area contributed by atoms with Crippen molar-refractivity contribution in [3.8, 4) is 0 Å². The molecule has 1 aliphatic heterocycles. The topological polar surface area (TPSA) is 87.5 Å². The van der Waals surface area contributed by atoms with Crippen LogP contribution in [0, 0.1) is 5.92 Å². The first-order valence-electron chi connectivity index (χ1n) is 5.10. The van der Waals surface area contributed by atoms with Gasteiger partial charge in [0.25, 0.3) is 0 Å². The maximum atomic E-state index is 11.3. The summed E-state index contributed by atoms with van der Waals surface area (Å²) in [7, 11) is 1.62. The average molecular weight is 214 g/mol. The molecule has 0 saturated carbocycles. The molecule has 0 aliphatic carbocycles. The van der Waals surface area contributed by atoms with E-state index in [0.717, 1.165) is 13.0 Å². The highest BCUT2D eigenvalue weighted by atomic mass is 16.2. The number of amides is 3. The van der Waals surface area contributed by atoms with E-state index in [1.807, 2.05) is 0 Å². The molecule has 1 atom stereocenters.